The molecule has 52 valence electrons. The minimum Gasteiger partial charge on any atom is -0.369 e. The maximum absolute atomic E-state index is 5.48. The van der Waals surface area contributed by atoms with Crippen LogP contribution in [0.2, 0.25) is 0 Å². The van der Waals surface area contributed by atoms with E-state index in [1.165, 1.54) is 25.7 Å². The van der Waals surface area contributed by atoms with Gasteiger partial charge in [0, 0.05) is 0 Å². The number of fused-ring (bicyclic) bond motifs is 1. The van der Waals surface area contributed by atoms with Crippen molar-refractivity contribution in [3.05, 3.63) is 0 Å². The number of hydrogen-bond acceptors (Lipinski definition) is 1. The van der Waals surface area contributed by atoms with E-state index >= 15 is 0 Å². The van der Waals surface area contributed by atoms with Crippen LogP contribution in [-0.2, 0) is 4.74 Å². The SMILES string of the molecule is CC[C@H]1CCC[C@@H]2O[C@H]12. The van der Waals surface area contributed by atoms with E-state index in [2.05, 4.69) is 6.92 Å². The second-order valence-electron chi connectivity index (χ2n) is 3.24. The first-order valence-electron chi connectivity index (χ1n) is 4.07. The molecule has 1 heterocycles. The third-order valence-electron chi connectivity index (χ3n) is 2.67. The summed E-state index contributed by atoms with van der Waals surface area (Å²) in [4.78, 5) is 0. The lowest BCUT2D eigenvalue weighted by atomic mass is 9.88. The predicted molar refractivity (Wildman–Crippen MR) is 36.3 cm³/mol. The smallest absolute Gasteiger partial charge is 0.0869 e. The Hall–Kier alpha value is -0.0400. The van der Waals surface area contributed by atoms with E-state index < -0.39 is 0 Å². The molecule has 1 saturated heterocycles. The van der Waals surface area contributed by atoms with Crippen molar-refractivity contribution in [1.29, 1.82) is 0 Å². The van der Waals surface area contributed by atoms with Gasteiger partial charge < -0.3 is 4.74 Å². The summed E-state index contributed by atoms with van der Waals surface area (Å²) in [5.41, 5.74) is 0. The largest absolute Gasteiger partial charge is 0.369 e. The van der Waals surface area contributed by atoms with E-state index in [1.54, 1.807) is 0 Å². The molecule has 1 saturated carbocycles. The Labute approximate surface area is 56.4 Å². The molecule has 0 aromatic rings. The van der Waals surface area contributed by atoms with Gasteiger partial charge in [-0.3, -0.25) is 0 Å². The molecule has 0 amide bonds. The lowest BCUT2D eigenvalue weighted by Crippen LogP contribution is -2.14. The number of hydrogen-bond donors (Lipinski definition) is 0. The van der Waals surface area contributed by atoms with Crippen molar-refractivity contribution in [3.63, 3.8) is 0 Å². The zero-order valence-corrected chi connectivity index (χ0v) is 5.97. The summed E-state index contributed by atoms with van der Waals surface area (Å²) in [6.45, 7) is 2.27. The molecule has 0 spiro atoms. The van der Waals surface area contributed by atoms with Gasteiger partial charge in [-0.25, -0.2) is 0 Å². The highest BCUT2D eigenvalue weighted by Crippen LogP contribution is 2.41. The molecule has 1 heteroatoms. The first-order valence-corrected chi connectivity index (χ1v) is 4.07. The molecular formula is C8H14O. The summed E-state index contributed by atoms with van der Waals surface area (Å²) >= 11 is 0. The second kappa shape index (κ2) is 1.98. The molecule has 0 bridgehead atoms. The van der Waals surface area contributed by atoms with E-state index in [0.717, 1.165) is 5.92 Å². The van der Waals surface area contributed by atoms with E-state index in [-0.39, 0.29) is 0 Å². The lowest BCUT2D eigenvalue weighted by Gasteiger charge is -2.14. The van der Waals surface area contributed by atoms with Gasteiger partial charge >= 0.3 is 0 Å². The normalized spacial score (nSPS) is 48.3. The zero-order chi connectivity index (χ0) is 6.27. The van der Waals surface area contributed by atoms with Crippen LogP contribution in [0.4, 0.5) is 0 Å². The van der Waals surface area contributed by atoms with Crippen LogP contribution in [0.3, 0.4) is 0 Å². The topological polar surface area (TPSA) is 12.5 Å². The first kappa shape index (κ1) is 5.72. The summed E-state index contributed by atoms with van der Waals surface area (Å²) in [6, 6.07) is 0. The van der Waals surface area contributed by atoms with Crippen molar-refractivity contribution in [2.75, 3.05) is 0 Å². The molecule has 2 rings (SSSR count). The Bertz CT molecular complexity index is 111. The molecule has 0 unspecified atom stereocenters. The van der Waals surface area contributed by atoms with Crippen molar-refractivity contribution in [1.82, 2.24) is 0 Å². The molecule has 9 heavy (non-hydrogen) atoms. The third kappa shape index (κ3) is 0.877. The molecular weight excluding hydrogens is 112 g/mol. The second-order valence-corrected chi connectivity index (χ2v) is 3.24. The van der Waals surface area contributed by atoms with Gasteiger partial charge in [0.25, 0.3) is 0 Å². The Kier molecular flexibility index (Phi) is 1.26. The molecule has 1 nitrogen and oxygen atoms in total. The monoisotopic (exact) mass is 126 g/mol. The summed E-state index contributed by atoms with van der Waals surface area (Å²) in [5.74, 6) is 0.906. The molecule has 0 N–H and O–H groups in total. The van der Waals surface area contributed by atoms with Gasteiger partial charge in [0.2, 0.25) is 0 Å². The van der Waals surface area contributed by atoms with Crippen molar-refractivity contribution in [2.45, 2.75) is 44.8 Å². The fraction of sp³-hybridized carbons (Fsp3) is 1.00. The van der Waals surface area contributed by atoms with E-state index in [9.17, 15) is 0 Å². The van der Waals surface area contributed by atoms with Gasteiger partial charge in [0.05, 0.1) is 12.2 Å². The van der Waals surface area contributed by atoms with Gasteiger partial charge in [-0.15, -0.1) is 0 Å². The highest BCUT2D eigenvalue weighted by Gasteiger charge is 2.45. The van der Waals surface area contributed by atoms with Gasteiger partial charge in [-0.2, -0.15) is 0 Å². The van der Waals surface area contributed by atoms with Crippen LogP contribution in [0.25, 0.3) is 0 Å². The maximum atomic E-state index is 5.48. The lowest BCUT2D eigenvalue weighted by molar-refractivity contribution is 0.315. The first-order chi connectivity index (χ1) is 4.42. The van der Waals surface area contributed by atoms with Crippen LogP contribution < -0.4 is 0 Å². The Balaban J connectivity index is 1.93. The molecule has 2 fully saturated rings. The van der Waals surface area contributed by atoms with Crippen LogP contribution in [0.1, 0.15) is 32.6 Å². The van der Waals surface area contributed by atoms with E-state index in [1.807, 2.05) is 0 Å². The van der Waals surface area contributed by atoms with Gasteiger partial charge in [-0.1, -0.05) is 19.8 Å². The minimum absolute atomic E-state index is 0.684. The highest BCUT2D eigenvalue weighted by atomic mass is 16.6. The van der Waals surface area contributed by atoms with Crippen LogP contribution in [0.5, 0.6) is 0 Å². The molecule has 1 aliphatic carbocycles. The Morgan fingerprint density at radius 2 is 2.33 bits per heavy atom. The molecule has 1 aliphatic heterocycles. The number of rotatable bonds is 1. The number of ether oxygens (including phenoxy) is 1. The molecule has 0 radical (unpaired) electrons. The van der Waals surface area contributed by atoms with E-state index in [4.69, 9.17) is 4.74 Å². The van der Waals surface area contributed by atoms with Crippen molar-refractivity contribution >= 4 is 0 Å². The van der Waals surface area contributed by atoms with Gasteiger partial charge in [-0.05, 0) is 18.8 Å². The summed E-state index contributed by atoms with van der Waals surface area (Å²) in [5, 5.41) is 0. The van der Waals surface area contributed by atoms with Crippen molar-refractivity contribution < 1.29 is 4.74 Å². The van der Waals surface area contributed by atoms with Crippen molar-refractivity contribution in [3.8, 4) is 0 Å². The molecule has 3 atom stereocenters. The van der Waals surface area contributed by atoms with Gasteiger partial charge in [0.15, 0.2) is 0 Å². The Morgan fingerprint density at radius 3 is 3.00 bits per heavy atom. The number of epoxide rings is 1. The Morgan fingerprint density at radius 1 is 1.44 bits per heavy atom. The minimum atomic E-state index is 0.684. The molecule has 0 aromatic heterocycles. The fourth-order valence-electron chi connectivity index (χ4n) is 1.99. The van der Waals surface area contributed by atoms with Crippen molar-refractivity contribution in [2.24, 2.45) is 5.92 Å². The summed E-state index contributed by atoms with van der Waals surface area (Å²) in [6.07, 6.45) is 6.84. The maximum Gasteiger partial charge on any atom is 0.0869 e. The zero-order valence-electron chi connectivity index (χ0n) is 5.97. The van der Waals surface area contributed by atoms with Crippen LogP contribution in [0, 0.1) is 5.92 Å². The van der Waals surface area contributed by atoms with E-state index in [0.29, 0.717) is 12.2 Å². The van der Waals surface area contributed by atoms with Gasteiger partial charge in [0.1, 0.15) is 0 Å². The third-order valence-corrected chi connectivity index (χ3v) is 2.67. The highest BCUT2D eigenvalue weighted by molar-refractivity contribution is 4.93. The standard InChI is InChI=1S/C8H14O/c1-2-6-4-3-5-7-8(6)9-7/h6-8H,2-5H2,1H3/t6-,7-,8+/m0/s1. The average molecular weight is 126 g/mol. The summed E-state index contributed by atoms with van der Waals surface area (Å²) < 4.78 is 5.48. The van der Waals surface area contributed by atoms with Crippen LogP contribution in [-0.4, -0.2) is 12.2 Å². The molecule has 0 aromatic carbocycles. The molecule has 2 aliphatic rings. The van der Waals surface area contributed by atoms with Crippen LogP contribution >= 0.6 is 0 Å². The average Bonchev–Trinajstić information content (AvgIpc) is 2.64. The quantitative estimate of drug-likeness (QED) is 0.489. The predicted octanol–water partition coefficient (Wildman–Crippen LogP) is 1.96. The fourth-order valence-corrected chi connectivity index (χ4v) is 1.99. The summed E-state index contributed by atoms with van der Waals surface area (Å²) in [7, 11) is 0. The van der Waals surface area contributed by atoms with Crippen LogP contribution in [0.15, 0.2) is 0 Å².